The Labute approximate surface area is 127 Å². The molecule has 1 aliphatic rings. The lowest BCUT2D eigenvalue weighted by Gasteiger charge is -2.24. The van der Waals surface area contributed by atoms with E-state index in [0.717, 1.165) is 0 Å². The van der Waals surface area contributed by atoms with Gasteiger partial charge < -0.3 is 10.4 Å². The summed E-state index contributed by atoms with van der Waals surface area (Å²) >= 11 is 0. The van der Waals surface area contributed by atoms with Crippen molar-refractivity contribution in [3.63, 3.8) is 0 Å². The molecule has 2 rings (SSSR count). The van der Waals surface area contributed by atoms with Crippen LogP contribution in [-0.2, 0) is 19.6 Å². The molecule has 0 unspecified atom stereocenters. The van der Waals surface area contributed by atoms with Crippen LogP contribution < -0.4 is 10.5 Å². The number of primary sulfonamides is 1. The molecule has 1 amide bonds. The second-order valence-corrected chi connectivity index (χ2v) is 6.61. The number of benzene rings is 1. The largest absolute Gasteiger partial charge is 0.481 e. The molecule has 0 saturated carbocycles. The molecule has 0 bridgehead atoms. The molecule has 0 radical (unpaired) electrons. The summed E-state index contributed by atoms with van der Waals surface area (Å²) in [5.41, 5.74) is 0.385. The van der Waals surface area contributed by atoms with Crippen LogP contribution in [0.4, 0.5) is 5.69 Å². The quantitative estimate of drug-likeness (QED) is 0.710. The number of sulfonamides is 1. The highest BCUT2D eigenvalue weighted by Crippen LogP contribution is 2.27. The van der Waals surface area contributed by atoms with Crippen LogP contribution in [0.3, 0.4) is 0 Å². The van der Waals surface area contributed by atoms with Gasteiger partial charge in [-0.05, 0) is 37.1 Å². The highest BCUT2D eigenvalue weighted by Gasteiger charge is 2.33. The van der Waals surface area contributed by atoms with Crippen molar-refractivity contribution in [3.05, 3.63) is 36.4 Å². The molecular formula is C14H16N2O5S. The van der Waals surface area contributed by atoms with Crippen molar-refractivity contribution < 1.29 is 23.1 Å². The van der Waals surface area contributed by atoms with Gasteiger partial charge in [0.1, 0.15) is 0 Å². The maximum absolute atomic E-state index is 12.2. The minimum absolute atomic E-state index is 0.0606. The Hall–Kier alpha value is -2.19. The van der Waals surface area contributed by atoms with Crippen molar-refractivity contribution in [1.29, 1.82) is 0 Å². The van der Waals surface area contributed by atoms with Gasteiger partial charge in [-0.25, -0.2) is 13.6 Å². The topological polar surface area (TPSA) is 127 Å². The number of nitrogens with one attached hydrogen (secondary N) is 1. The van der Waals surface area contributed by atoms with Crippen LogP contribution in [0.5, 0.6) is 0 Å². The molecule has 8 heteroatoms. The predicted octanol–water partition coefficient (Wildman–Crippen LogP) is 0.939. The first-order valence-electron chi connectivity index (χ1n) is 6.60. The van der Waals surface area contributed by atoms with E-state index in [0.29, 0.717) is 18.5 Å². The number of carboxylic acids is 1. The van der Waals surface area contributed by atoms with Crippen LogP contribution in [0, 0.1) is 11.8 Å². The van der Waals surface area contributed by atoms with Crippen LogP contribution in [0.15, 0.2) is 41.3 Å². The summed E-state index contributed by atoms with van der Waals surface area (Å²) in [5.74, 6) is -2.82. The van der Waals surface area contributed by atoms with Crippen LogP contribution in [0.25, 0.3) is 0 Å². The number of carbonyl (C=O) groups excluding carboxylic acids is 1. The minimum Gasteiger partial charge on any atom is -0.481 e. The van der Waals surface area contributed by atoms with E-state index in [1.54, 1.807) is 12.2 Å². The van der Waals surface area contributed by atoms with Gasteiger partial charge in [-0.15, -0.1) is 0 Å². The van der Waals surface area contributed by atoms with Crippen molar-refractivity contribution >= 4 is 27.6 Å². The summed E-state index contributed by atoms with van der Waals surface area (Å²) in [6, 6.07) is 5.37. The zero-order chi connectivity index (χ0) is 16.3. The van der Waals surface area contributed by atoms with E-state index in [1.807, 2.05) is 0 Å². The number of anilines is 1. The second kappa shape index (κ2) is 6.29. The van der Waals surface area contributed by atoms with Gasteiger partial charge in [-0.3, -0.25) is 9.59 Å². The summed E-state index contributed by atoms with van der Waals surface area (Å²) in [6.45, 7) is 0. The van der Waals surface area contributed by atoms with E-state index in [9.17, 15) is 18.0 Å². The van der Waals surface area contributed by atoms with Gasteiger partial charge in [-0.2, -0.15) is 0 Å². The van der Waals surface area contributed by atoms with Gasteiger partial charge in [0.05, 0.1) is 16.7 Å². The second-order valence-electron chi connectivity index (χ2n) is 5.05. The number of carboxylic acid groups (broad SMARTS) is 1. The number of carbonyl (C=O) groups is 2. The SMILES string of the molecule is NS(=O)(=O)c1ccc(NC(=O)[C@@H]2CC=CC[C@H]2C(=O)O)cc1. The third kappa shape index (κ3) is 3.71. The Morgan fingerprint density at radius 3 is 2.14 bits per heavy atom. The first kappa shape index (κ1) is 16.2. The molecule has 22 heavy (non-hydrogen) atoms. The van der Waals surface area contributed by atoms with E-state index >= 15 is 0 Å². The van der Waals surface area contributed by atoms with Crippen molar-refractivity contribution in [2.75, 3.05) is 5.32 Å². The maximum atomic E-state index is 12.2. The lowest BCUT2D eigenvalue weighted by Crippen LogP contribution is -2.34. The number of hydrogen-bond donors (Lipinski definition) is 3. The summed E-state index contributed by atoms with van der Waals surface area (Å²) in [4.78, 5) is 23.3. The molecule has 0 saturated heterocycles. The monoisotopic (exact) mass is 324 g/mol. The van der Waals surface area contributed by atoms with Crippen LogP contribution in [-0.4, -0.2) is 25.4 Å². The molecule has 0 fully saturated rings. The molecule has 118 valence electrons. The summed E-state index contributed by atoms with van der Waals surface area (Å²) in [6.07, 6.45) is 4.22. The lowest BCUT2D eigenvalue weighted by atomic mass is 9.82. The van der Waals surface area contributed by atoms with Gasteiger partial charge in [0.25, 0.3) is 0 Å². The van der Waals surface area contributed by atoms with Gasteiger partial charge in [0.2, 0.25) is 15.9 Å². The van der Waals surface area contributed by atoms with E-state index in [4.69, 9.17) is 10.2 Å². The third-order valence-electron chi connectivity index (χ3n) is 3.54. The van der Waals surface area contributed by atoms with Crippen LogP contribution in [0.1, 0.15) is 12.8 Å². The molecule has 1 aromatic rings. The highest BCUT2D eigenvalue weighted by atomic mass is 32.2. The average Bonchev–Trinajstić information content (AvgIpc) is 2.46. The number of nitrogens with two attached hydrogens (primary N) is 1. The summed E-state index contributed by atoms with van der Waals surface area (Å²) < 4.78 is 22.3. The van der Waals surface area contributed by atoms with Crippen molar-refractivity contribution in [3.8, 4) is 0 Å². The van der Waals surface area contributed by atoms with E-state index in [1.165, 1.54) is 24.3 Å². The van der Waals surface area contributed by atoms with E-state index < -0.39 is 33.7 Å². The van der Waals surface area contributed by atoms with Gasteiger partial charge in [0.15, 0.2) is 0 Å². The highest BCUT2D eigenvalue weighted by molar-refractivity contribution is 7.89. The zero-order valence-electron chi connectivity index (χ0n) is 11.6. The molecular weight excluding hydrogens is 308 g/mol. The summed E-state index contributed by atoms with van der Waals surface area (Å²) in [5, 5.41) is 16.7. The molecule has 0 spiro atoms. The molecule has 2 atom stereocenters. The Morgan fingerprint density at radius 1 is 1.09 bits per heavy atom. The molecule has 7 nitrogen and oxygen atoms in total. The average molecular weight is 324 g/mol. The molecule has 1 aliphatic carbocycles. The standard InChI is InChI=1S/C14H16N2O5S/c15-22(20,21)10-7-5-9(6-8-10)16-13(17)11-3-1-2-4-12(11)14(18)19/h1-2,5-8,11-12H,3-4H2,(H,16,17)(H,18,19)(H2,15,20,21)/t11-,12-/m1/s1. The number of hydrogen-bond acceptors (Lipinski definition) is 4. The fraction of sp³-hybridized carbons (Fsp3) is 0.286. The van der Waals surface area contributed by atoms with Gasteiger partial charge in [-0.1, -0.05) is 12.2 Å². The van der Waals surface area contributed by atoms with Crippen molar-refractivity contribution in [2.24, 2.45) is 17.0 Å². The van der Waals surface area contributed by atoms with Crippen molar-refractivity contribution in [1.82, 2.24) is 0 Å². The third-order valence-corrected chi connectivity index (χ3v) is 4.47. The van der Waals surface area contributed by atoms with E-state index in [-0.39, 0.29) is 4.90 Å². The molecule has 0 aromatic heterocycles. The Kier molecular flexibility index (Phi) is 4.62. The smallest absolute Gasteiger partial charge is 0.307 e. The Balaban J connectivity index is 2.11. The summed E-state index contributed by atoms with van der Waals surface area (Å²) in [7, 11) is -3.79. The normalized spacial score (nSPS) is 21.3. The number of rotatable bonds is 4. The number of amides is 1. The number of allylic oxidation sites excluding steroid dienone is 2. The molecule has 0 aliphatic heterocycles. The minimum atomic E-state index is -3.79. The van der Waals surface area contributed by atoms with Crippen LogP contribution >= 0.6 is 0 Å². The van der Waals surface area contributed by atoms with Crippen molar-refractivity contribution in [2.45, 2.75) is 17.7 Å². The van der Waals surface area contributed by atoms with Gasteiger partial charge >= 0.3 is 5.97 Å². The zero-order valence-corrected chi connectivity index (χ0v) is 12.4. The first-order valence-corrected chi connectivity index (χ1v) is 8.15. The molecule has 4 N–H and O–H groups in total. The maximum Gasteiger partial charge on any atom is 0.307 e. The Bertz CT molecular complexity index is 709. The molecule has 0 heterocycles. The molecule has 1 aromatic carbocycles. The first-order chi connectivity index (χ1) is 10.3. The number of aliphatic carboxylic acids is 1. The van der Waals surface area contributed by atoms with Gasteiger partial charge in [0, 0.05) is 5.69 Å². The van der Waals surface area contributed by atoms with E-state index in [2.05, 4.69) is 5.32 Å². The fourth-order valence-electron chi connectivity index (χ4n) is 2.34. The predicted molar refractivity (Wildman–Crippen MR) is 79.4 cm³/mol. The Morgan fingerprint density at radius 2 is 1.64 bits per heavy atom. The lowest BCUT2D eigenvalue weighted by molar-refractivity contribution is -0.146. The van der Waals surface area contributed by atoms with Crippen LogP contribution in [0.2, 0.25) is 0 Å². The fourth-order valence-corrected chi connectivity index (χ4v) is 2.86.